The minimum Gasteiger partial charge on any atom is -0.439 e. The molecule has 0 saturated carbocycles. The molecule has 2 heterocycles. The summed E-state index contributed by atoms with van der Waals surface area (Å²) in [5, 5.41) is 15.6. The van der Waals surface area contributed by atoms with Crippen molar-refractivity contribution in [1.82, 2.24) is 9.97 Å². The van der Waals surface area contributed by atoms with Crippen LogP contribution in [0.2, 0.25) is 5.02 Å². The van der Waals surface area contributed by atoms with Gasteiger partial charge in [0.1, 0.15) is 16.1 Å². The van der Waals surface area contributed by atoms with E-state index < -0.39 is 5.41 Å². The summed E-state index contributed by atoms with van der Waals surface area (Å²) >= 11 is 7.54. The lowest BCUT2D eigenvalue weighted by atomic mass is 9.85. The van der Waals surface area contributed by atoms with Gasteiger partial charge in [0.2, 0.25) is 11.8 Å². The minimum absolute atomic E-state index is 0.211. The van der Waals surface area contributed by atoms with Crippen LogP contribution >= 0.6 is 22.9 Å². The van der Waals surface area contributed by atoms with Crippen molar-refractivity contribution < 1.29 is 14.3 Å². The lowest BCUT2D eigenvalue weighted by Gasteiger charge is -2.16. The Balaban J connectivity index is 1.53. The molecule has 0 aliphatic rings. The van der Waals surface area contributed by atoms with Crippen LogP contribution in [0.15, 0.2) is 54.6 Å². The topological polar surface area (TPSA) is 117 Å². The molecule has 0 radical (unpaired) electrons. The number of fused-ring (bicyclic) bond motifs is 1. The SMILES string of the molecule is CC(=O)Nc1nc2ccc(Oc3ccc(Cl)c(NC(=O)c4cccc(C(C)(C)C#N)c4)c3)nc2s1. The van der Waals surface area contributed by atoms with Crippen molar-refractivity contribution in [3.63, 3.8) is 0 Å². The standard InChI is InChI=1S/C25H20ClN5O3S/c1-14(32)28-24-30-19-9-10-21(31-23(19)35-24)34-17-7-8-18(26)20(12-17)29-22(33)15-5-4-6-16(11-15)25(2,3)13-27/h4-12H,1-3H3,(H,29,33)(H,28,30,32). The molecule has 2 aromatic carbocycles. The van der Waals surface area contributed by atoms with Crippen LogP contribution in [0.5, 0.6) is 11.6 Å². The van der Waals surface area contributed by atoms with Gasteiger partial charge in [-0.05, 0) is 49.7 Å². The molecule has 0 fully saturated rings. The van der Waals surface area contributed by atoms with Crippen LogP contribution in [0.1, 0.15) is 36.7 Å². The fourth-order valence-corrected chi connectivity index (χ4v) is 4.19. The number of aromatic nitrogens is 2. The summed E-state index contributed by atoms with van der Waals surface area (Å²) < 4.78 is 5.87. The van der Waals surface area contributed by atoms with E-state index >= 15 is 0 Å². The number of halogens is 1. The summed E-state index contributed by atoms with van der Waals surface area (Å²) in [5.41, 5.74) is 1.42. The van der Waals surface area contributed by atoms with E-state index in [1.807, 2.05) is 6.07 Å². The molecule has 176 valence electrons. The Morgan fingerprint density at radius 1 is 1.09 bits per heavy atom. The quantitative estimate of drug-likeness (QED) is 0.324. The normalized spacial score (nSPS) is 11.1. The minimum atomic E-state index is -0.725. The molecule has 10 heteroatoms. The molecular weight excluding hydrogens is 486 g/mol. The Kier molecular flexibility index (Phi) is 6.69. The molecule has 0 atom stereocenters. The van der Waals surface area contributed by atoms with Crippen LogP contribution in [0.3, 0.4) is 0 Å². The van der Waals surface area contributed by atoms with Gasteiger partial charge in [-0.25, -0.2) is 9.97 Å². The van der Waals surface area contributed by atoms with Crippen LogP contribution in [0.25, 0.3) is 10.3 Å². The number of pyridine rings is 1. The summed E-state index contributed by atoms with van der Waals surface area (Å²) in [6.07, 6.45) is 0. The molecule has 0 unspecified atom stereocenters. The summed E-state index contributed by atoms with van der Waals surface area (Å²) in [6.45, 7) is 4.99. The monoisotopic (exact) mass is 505 g/mol. The van der Waals surface area contributed by atoms with Gasteiger partial charge in [0.05, 0.1) is 22.2 Å². The molecule has 0 spiro atoms. The van der Waals surface area contributed by atoms with E-state index in [4.69, 9.17) is 16.3 Å². The second kappa shape index (κ2) is 9.70. The van der Waals surface area contributed by atoms with Crippen molar-refractivity contribution in [2.45, 2.75) is 26.2 Å². The molecule has 0 bridgehead atoms. The lowest BCUT2D eigenvalue weighted by Crippen LogP contribution is -2.17. The molecule has 0 aliphatic carbocycles. The highest BCUT2D eigenvalue weighted by Gasteiger charge is 2.21. The highest BCUT2D eigenvalue weighted by atomic mass is 35.5. The van der Waals surface area contributed by atoms with E-state index in [1.165, 1.54) is 18.3 Å². The Morgan fingerprint density at radius 2 is 1.89 bits per heavy atom. The molecule has 0 aliphatic heterocycles. The van der Waals surface area contributed by atoms with Crippen molar-refractivity contribution in [2.75, 3.05) is 10.6 Å². The van der Waals surface area contributed by atoms with Gasteiger partial charge in [-0.2, -0.15) is 5.26 Å². The number of hydrogen-bond donors (Lipinski definition) is 2. The van der Waals surface area contributed by atoms with Gasteiger partial charge in [0.25, 0.3) is 5.91 Å². The number of amides is 2. The first-order valence-corrected chi connectivity index (χ1v) is 11.7. The summed E-state index contributed by atoms with van der Waals surface area (Å²) in [7, 11) is 0. The van der Waals surface area contributed by atoms with Gasteiger partial charge in [0.15, 0.2) is 5.13 Å². The van der Waals surface area contributed by atoms with Crippen LogP contribution in [0.4, 0.5) is 10.8 Å². The zero-order valence-electron chi connectivity index (χ0n) is 19.0. The van der Waals surface area contributed by atoms with E-state index in [0.717, 1.165) is 5.56 Å². The van der Waals surface area contributed by atoms with E-state index in [-0.39, 0.29) is 11.8 Å². The number of nitrogens with zero attached hydrogens (tertiary/aromatic N) is 3. The average Bonchev–Trinajstić information content (AvgIpc) is 3.22. The third-order valence-electron chi connectivity index (χ3n) is 5.05. The van der Waals surface area contributed by atoms with E-state index in [1.54, 1.807) is 62.4 Å². The molecule has 4 rings (SSSR count). The number of nitrogens with one attached hydrogen (secondary N) is 2. The Morgan fingerprint density at radius 3 is 2.63 bits per heavy atom. The summed E-state index contributed by atoms with van der Waals surface area (Å²) in [5.74, 6) is 0.162. The van der Waals surface area contributed by atoms with Crippen molar-refractivity contribution in [3.05, 3.63) is 70.7 Å². The molecule has 8 nitrogen and oxygen atoms in total. The van der Waals surface area contributed by atoms with Crippen molar-refractivity contribution >= 4 is 55.9 Å². The first kappa shape index (κ1) is 24.1. The van der Waals surface area contributed by atoms with Crippen LogP contribution in [-0.2, 0) is 10.2 Å². The number of benzene rings is 2. The number of carbonyl (C=O) groups excluding carboxylic acids is 2. The number of ether oxygens (including phenoxy) is 1. The zero-order valence-corrected chi connectivity index (χ0v) is 20.6. The first-order chi connectivity index (χ1) is 16.6. The lowest BCUT2D eigenvalue weighted by molar-refractivity contribution is -0.114. The average molecular weight is 506 g/mol. The van der Waals surface area contributed by atoms with E-state index in [0.29, 0.717) is 43.4 Å². The second-order valence-electron chi connectivity index (χ2n) is 8.19. The van der Waals surface area contributed by atoms with Crippen LogP contribution in [-0.4, -0.2) is 21.8 Å². The largest absolute Gasteiger partial charge is 0.439 e. The first-order valence-electron chi connectivity index (χ1n) is 10.5. The Labute approximate surface area is 210 Å². The number of rotatable bonds is 6. The molecule has 2 aromatic heterocycles. The van der Waals surface area contributed by atoms with Gasteiger partial charge in [-0.3, -0.25) is 9.59 Å². The number of hydrogen-bond acceptors (Lipinski definition) is 7. The van der Waals surface area contributed by atoms with Gasteiger partial charge < -0.3 is 15.4 Å². The molecule has 2 N–H and O–H groups in total. The van der Waals surface area contributed by atoms with E-state index in [9.17, 15) is 14.9 Å². The fourth-order valence-electron chi connectivity index (χ4n) is 3.15. The molecular formula is C25H20ClN5O3S. The zero-order chi connectivity index (χ0) is 25.2. The van der Waals surface area contributed by atoms with E-state index in [2.05, 4.69) is 26.7 Å². The number of anilines is 2. The predicted molar refractivity (Wildman–Crippen MR) is 136 cm³/mol. The van der Waals surface area contributed by atoms with Crippen molar-refractivity contribution in [1.29, 1.82) is 5.26 Å². The maximum absolute atomic E-state index is 12.9. The summed E-state index contributed by atoms with van der Waals surface area (Å²) in [6, 6.07) is 17.4. The molecule has 2 amide bonds. The van der Waals surface area contributed by atoms with Gasteiger partial charge in [-0.1, -0.05) is 35.1 Å². The summed E-state index contributed by atoms with van der Waals surface area (Å²) in [4.78, 5) is 33.5. The fraction of sp³-hybridized carbons (Fsp3) is 0.160. The number of carbonyl (C=O) groups is 2. The van der Waals surface area contributed by atoms with Crippen molar-refractivity contribution in [3.8, 4) is 17.7 Å². The third kappa shape index (κ3) is 5.57. The second-order valence-corrected chi connectivity index (χ2v) is 9.57. The Bertz CT molecular complexity index is 1490. The molecule has 4 aromatic rings. The van der Waals surface area contributed by atoms with Crippen LogP contribution < -0.4 is 15.4 Å². The smallest absolute Gasteiger partial charge is 0.255 e. The maximum atomic E-state index is 12.9. The number of thiazole rings is 1. The number of nitriles is 1. The van der Waals surface area contributed by atoms with Crippen LogP contribution in [0, 0.1) is 11.3 Å². The Hall–Kier alpha value is -4.00. The van der Waals surface area contributed by atoms with Gasteiger partial charge in [-0.15, -0.1) is 0 Å². The van der Waals surface area contributed by atoms with Crippen molar-refractivity contribution in [2.24, 2.45) is 0 Å². The maximum Gasteiger partial charge on any atom is 0.255 e. The highest BCUT2D eigenvalue weighted by Crippen LogP contribution is 2.32. The highest BCUT2D eigenvalue weighted by molar-refractivity contribution is 7.21. The molecule has 0 saturated heterocycles. The predicted octanol–water partition coefficient (Wildman–Crippen LogP) is 6.15. The van der Waals surface area contributed by atoms with Gasteiger partial charge in [0, 0.05) is 24.6 Å². The third-order valence-corrected chi connectivity index (χ3v) is 6.26. The van der Waals surface area contributed by atoms with Gasteiger partial charge >= 0.3 is 0 Å². The molecule has 35 heavy (non-hydrogen) atoms.